The Morgan fingerprint density at radius 2 is 1.60 bits per heavy atom. The van der Waals surface area contributed by atoms with Gasteiger partial charge in [-0.2, -0.15) is 0 Å². The Bertz CT molecular complexity index is 832. The number of carbonyl (C=O) groups is 1. The number of halogens is 1. The number of methoxy groups -OCH3 is 3. The zero-order chi connectivity index (χ0) is 21.5. The van der Waals surface area contributed by atoms with E-state index in [4.69, 9.17) is 30.5 Å². The van der Waals surface area contributed by atoms with Crippen LogP contribution < -0.4 is 29.6 Å². The van der Waals surface area contributed by atoms with Crippen LogP contribution in [0.4, 0.5) is 10.5 Å². The number of hydrogen-bond acceptors (Lipinski definition) is 7. The minimum atomic E-state index is -0.297. The molecular formula is C20H25ClN4O5. The van der Waals surface area contributed by atoms with Crippen molar-refractivity contribution in [2.45, 2.75) is 37.8 Å². The number of ether oxygens (including phenoxy) is 4. The van der Waals surface area contributed by atoms with Crippen LogP contribution in [0.25, 0.3) is 0 Å². The van der Waals surface area contributed by atoms with Crippen molar-refractivity contribution in [3.8, 4) is 23.3 Å². The summed E-state index contributed by atoms with van der Waals surface area (Å²) in [6, 6.07) is 3.43. The molecule has 0 spiro atoms. The molecule has 162 valence electrons. The molecule has 1 aliphatic carbocycles. The lowest BCUT2D eigenvalue weighted by molar-refractivity contribution is 0.129. The lowest BCUT2D eigenvalue weighted by Gasteiger charge is -2.28. The summed E-state index contributed by atoms with van der Waals surface area (Å²) < 4.78 is 21.7. The van der Waals surface area contributed by atoms with Crippen molar-refractivity contribution in [1.29, 1.82) is 0 Å². The molecule has 2 amide bonds. The van der Waals surface area contributed by atoms with Gasteiger partial charge in [-0.25, -0.2) is 14.8 Å². The molecular weight excluding hydrogens is 412 g/mol. The van der Waals surface area contributed by atoms with Gasteiger partial charge in [-0.1, -0.05) is 11.6 Å². The van der Waals surface area contributed by atoms with Crippen LogP contribution in [0.2, 0.25) is 5.02 Å². The minimum Gasteiger partial charge on any atom is -0.493 e. The topological polar surface area (TPSA) is 104 Å². The fraction of sp³-hybridized carbons (Fsp3) is 0.450. The predicted molar refractivity (Wildman–Crippen MR) is 112 cm³/mol. The molecule has 0 bridgehead atoms. The number of hydrogen-bond donors (Lipinski definition) is 2. The SMILES string of the molecule is COc1cc(NC(=O)NC2CCC(Oc3ncc(Cl)cn3)CC2)cc(OC)c1OC. The van der Waals surface area contributed by atoms with E-state index < -0.39 is 0 Å². The molecule has 1 aromatic carbocycles. The summed E-state index contributed by atoms with van der Waals surface area (Å²) in [7, 11) is 4.58. The standard InChI is InChI=1S/C20H25ClN4O5/c1-27-16-8-14(9-17(28-2)18(16)29-3)25-19(26)24-13-4-6-15(7-5-13)30-20-22-10-12(21)11-23-20/h8-11,13,15H,4-7H2,1-3H3,(H2,24,25,26). The third kappa shape index (κ3) is 5.56. The third-order valence-electron chi connectivity index (χ3n) is 4.80. The van der Waals surface area contributed by atoms with E-state index in [1.807, 2.05) is 0 Å². The number of benzene rings is 1. The van der Waals surface area contributed by atoms with Crippen molar-refractivity contribution in [3.05, 3.63) is 29.5 Å². The molecule has 30 heavy (non-hydrogen) atoms. The summed E-state index contributed by atoms with van der Waals surface area (Å²) in [5, 5.41) is 6.28. The van der Waals surface area contributed by atoms with E-state index in [1.165, 1.54) is 33.7 Å². The van der Waals surface area contributed by atoms with Gasteiger partial charge in [-0.15, -0.1) is 0 Å². The molecule has 2 N–H and O–H groups in total. The fourth-order valence-electron chi connectivity index (χ4n) is 3.34. The number of nitrogens with zero attached hydrogens (tertiary/aromatic N) is 2. The number of carbonyl (C=O) groups excluding carboxylic acids is 1. The van der Waals surface area contributed by atoms with Gasteiger partial charge in [0.2, 0.25) is 5.75 Å². The molecule has 1 aliphatic rings. The maximum Gasteiger partial charge on any atom is 0.319 e. The van der Waals surface area contributed by atoms with E-state index in [-0.39, 0.29) is 18.2 Å². The van der Waals surface area contributed by atoms with Gasteiger partial charge in [0.25, 0.3) is 0 Å². The van der Waals surface area contributed by atoms with Gasteiger partial charge in [0.15, 0.2) is 11.5 Å². The summed E-state index contributed by atoms with van der Waals surface area (Å²) in [5.41, 5.74) is 0.541. The second kappa shape index (κ2) is 10.2. The van der Waals surface area contributed by atoms with Gasteiger partial charge in [0.1, 0.15) is 6.10 Å². The molecule has 10 heteroatoms. The number of aromatic nitrogens is 2. The molecule has 1 aromatic heterocycles. The average Bonchev–Trinajstić information content (AvgIpc) is 2.75. The van der Waals surface area contributed by atoms with Crippen molar-refractivity contribution in [2.75, 3.05) is 26.6 Å². The summed E-state index contributed by atoms with van der Waals surface area (Å²) in [6.45, 7) is 0. The van der Waals surface area contributed by atoms with Gasteiger partial charge in [-0.3, -0.25) is 0 Å². The first-order valence-corrected chi connectivity index (χ1v) is 9.92. The highest BCUT2D eigenvalue weighted by Gasteiger charge is 2.24. The Balaban J connectivity index is 1.51. The first-order chi connectivity index (χ1) is 14.5. The van der Waals surface area contributed by atoms with E-state index in [1.54, 1.807) is 12.1 Å². The predicted octanol–water partition coefficient (Wildman–Crippen LogP) is 3.67. The molecule has 0 radical (unpaired) electrons. The smallest absolute Gasteiger partial charge is 0.319 e. The highest BCUT2D eigenvalue weighted by molar-refractivity contribution is 6.30. The largest absolute Gasteiger partial charge is 0.493 e. The van der Waals surface area contributed by atoms with Gasteiger partial charge in [-0.05, 0) is 25.7 Å². The molecule has 2 aromatic rings. The van der Waals surface area contributed by atoms with Crippen LogP contribution in [0.5, 0.6) is 23.3 Å². The Labute approximate surface area is 180 Å². The lowest BCUT2D eigenvalue weighted by atomic mass is 9.93. The zero-order valence-corrected chi connectivity index (χ0v) is 17.9. The summed E-state index contributed by atoms with van der Waals surface area (Å²) in [5.74, 6) is 1.40. The van der Waals surface area contributed by atoms with Crippen LogP contribution in [0.15, 0.2) is 24.5 Å². The average molecular weight is 437 g/mol. The summed E-state index contributed by atoms with van der Waals surface area (Å²) in [4.78, 5) is 20.5. The van der Waals surface area contributed by atoms with E-state index in [0.717, 1.165) is 25.7 Å². The Morgan fingerprint density at radius 1 is 1.00 bits per heavy atom. The van der Waals surface area contributed by atoms with Crippen LogP contribution >= 0.6 is 11.6 Å². The number of rotatable bonds is 7. The molecule has 0 atom stereocenters. The lowest BCUT2D eigenvalue weighted by Crippen LogP contribution is -2.41. The molecule has 9 nitrogen and oxygen atoms in total. The number of urea groups is 1. The van der Waals surface area contributed by atoms with E-state index in [9.17, 15) is 4.79 Å². The third-order valence-corrected chi connectivity index (χ3v) is 5.00. The first kappa shape index (κ1) is 21.8. The molecule has 1 fully saturated rings. The molecule has 0 unspecified atom stereocenters. The monoisotopic (exact) mass is 436 g/mol. The Hall–Kier alpha value is -2.94. The van der Waals surface area contributed by atoms with Crippen molar-refractivity contribution < 1.29 is 23.7 Å². The number of nitrogens with one attached hydrogen (secondary N) is 2. The Morgan fingerprint density at radius 3 is 2.13 bits per heavy atom. The van der Waals surface area contributed by atoms with Crippen LogP contribution in [-0.2, 0) is 0 Å². The fourth-order valence-corrected chi connectivity index (χ4v) is 3.44. The second-order valence-corrected chi connectivity index (χ2v) is 7.22. The van der Waals surface area contributed by atoms with Gasteiger partial charge < -0.3 is 29.6 Å². The maximum absolute atomic E-state index is 12.4. The van der Waals surface area contributed by atoms with Crippen molar-refractivity contribution >= 4 is 23.3 Å². The van der Waals surface area contributed by atoms with E-state index >= 15 is 0 Å². The van der Waals surface area contributed by atoms with Crippen molar-refractivity contribution in [1.82, 2.24) is 15.3 Å². The highest BCUT2D eigenvalue weighted by atomic mass is 35.5. The van der Waals surface area contributed by atoms with Crippen molar-refractivity contribution in [2.24, 2.45) is 0 Å². The van der Waals surface area contributed by atoms with Crippen molar-refractivity contribution in [3.63, 3.8) is 0 Å². The second-order valence-electron chi connectivity index (χ2n) is 6.79. The van der Waals surface area contributed by atoms with Gasteiger partial charge >= 0.3 is 12.0 Å². The van der Waals surface area contributed by atoms with E-state index in [0.29, 0.717) is 34.0 Å². The molecule has 1 saturated carbocycles. The molecule has 0 saturated heterocycles. The molecule has 3 rings (SSSR count). The zero-order valence-electron chi connectivity index (χ0n) is 17.1. The van der Waals surface area contributed by atoms with E-state index in [2.05, 4.69) is 20.6 Å². The van der Waals surface area contributed by atoms with Crippen LogP contribution in [0.3, 0.4) is 0 Å². The van der Waals surface area contributed by atoms with Gasteiger partial charge in [0, 0.05) is 18.2 Å². The minimum absolute atomic E-state index is 0.0161. The molecule has 0 aliphatic heterocycles. The highest BCUT2D eigenvalue weighted by Crippen LogP contribution is 2.39. The van der Waals surface area contributed by atoms with Crippen LogP contribution in [0, 0.1) is 0 Å². The Kier molecular flexibility index (Phi) is 7.40. The normalized spacial score (nSPS) is 18.3. The quantitative estimate of drug-likeness (QED) is 0.682. The summed E-state index contributed by atoms with van der Waals surface area (Å²) in [6.07, 6.45) is 6.20. The maximum atomic E-state index is 12.4. The first-order valence-electron chi connectivity index (χ1n) is 9.54. The van der Waals surface area contributed by atoms with Crippen LogP contribution in [0.1, 0.15) is 25.7 Å². The molecule has 1 heterocycles. The number of anilines is 1. The van der Waals surface area contributed by atoms with Gasteiger partial charge in [0.05, 0.1) is 44.4 Å². The number of amides is 2. The summed E-state index contributed by atoms with van der Waals surface area (Å²) >= 11 is 5.78. The van der Waals surface area contributed by atoms with Crippen LogP contribution in [-0.4, -0.2) is 49.5 Å².